The van der Waals surface area contributed by atoms with Gasteiger partial charge in [-0.05, 0) is 37.0 Å². The molecule has 0 aliphatic carbocycles. The van der Waals surface area contributed by atoms with Crippen LogP contribution in [0.1, 0.15) is 41.2 Å². The smallest absolute Gasteiger partial charge is 0.331 e. The molecular formula is C24H28N4O3S. The van der Waals surface area contributed by atoms with Crippen LogP contribution in [0.5, 0.6) is 0 Å². The molecular weight excluding hydrogens is 424 g/mol. The van der Waals surface area contributed by atoms with E-state index in [0.29, 0.717) is 23.2 Å². The Bertz CT molecular complexity index is 1400. The fourth-order valence-electron chi connectivity index (χ4n) is 4.15. The van der Waals surface area contributed by atoms with Crippen LogP contribution in [-0.4, -0.2) is 24.4 Å². The highest BCUT2D eigenvalue weighted by molar-refractivity contribution is 7.19. The third-order valence-corrected chi connectivity index (χ3v) is 7.02. The molecule has 7 nitrogen and oxygen atoms in total. The minimum Gasteiger partial charge on any atom is -0.392 e. The summed E-state index contributed by atoms with van der Waals surface area (Å²) in [5, 5.41) is 17.6. The average Bonchev–Trinajstić information content (AvgIpc) is 3.30. The number of aliphatic hydroxyl groups is 1. The normalized spacial score (nSPS) is 11.7. The quantitative estimate of drug-likeness (QED) is 0.468. The van der Waals surface area contributed by atoms with E-state index >= 15 is 0 Å². The van der Waals surface area contributed by atoms with Crippen molar-refractivity contribution in [2.75, 3.05) is 0 Å². The number of benzene rings is 1. The first-order valence-electron chi connectivity index (χ1n) is 10.7. The zero-order valence-corrected chi connectivity index (χ0v) is 19.8. The fraction of sp³-hybridized carbons (Fsp3) is 0.375. The highest BCUT2D eigenvalue weighted by Gasteiger charge is 2.24. The predicted molar refractivity (Wildman–Crippen MR) is 128 cm³/mol. The lowest BCUT2D eigenvalue weighted by atomic mass is 9.98. The highest BCUT2D eigenvalue weighted by Crippen LogP contribution is 2.39. The first-order chi connectivity index (χ1) is 15.2. The van der Waals surface area contributed by atoms with Gasteiger partial charge in [0.25, 0.3) is 5.56 Å². The Morgan fingerprint density at radius 1 is 1.22 bits per heavy atom. The number of aliphatic hydroxyl groups excluding tert-OH is 1. The van der Waals surface area contributed by atoms with Gasteiger partial charge in [-0.2, -0.15) is 5.10 Å². The molecule has 8 heteroatoms. The number of H-pyrrole nitrogens is 1. The van der Waals surface area contributed by atoms with Crippen LogP contribution in [0.15, 0.2) is 33.9 Å². The lowest BCUT2D eigenvalue weighted by molar-refractivity contribution is 0.282. The number of aromatic nitrogens is 4. The molecule has 4 rings (SSSR count). The summed E-state index contributed by atoms with van der Waals surface area (Å²) in [4.78, 5) is 28.1. The molecule has 3 heterocycles. The van der Waals surface area contributed by atoms with E-state index in [4.69, 9.17) is 0 Å². The van der Waals surface area contributed by atoms with Gasteiger partial charge in [0.2, 0.25) is 0 Å². The van der Waals surface area contributed by atoms with Gasteiger partial charge in [-0.25, -0.2) is 4.79 Å². The lowest BCUT2D eigenvalue weighted by Crippen LogP contribution is -2.38. The maximum absolute atomic E-state index is 13.4. The molecule has 0 spiro atoms. The summed E-state index contributed by atoms with van der Waals surface area (Å²) in [5.41, 5.74) is 4.88. The Kier molecular flexibility index (Phi) is 5.92. The van der Waals surface area contributed by atoms with E-state index in [1.54, 1.807) is 4.57 Å². The number of hydrogen-bond donors (Lipinski definition) is 2. The molecule has 2 N–H and O–H groups in total. The Morgan fingerprint density at radius 3 is 2.59 bits per heavy atom. The zero-order valence-electron chi connectivity index (χ0n) is 19.0. The van der Waals surface area contributed by atoms with E-state index in [-0.39, 0.29) is 23.8 Å². The van der Waals surface area contributed by atoms with Gasteiger partial charge in [0.1, 0.15) is 4.83 Å². The lowest BCUT2D eigenvalue weighted by Gasteiger charge is -2.12. The van der Waals surface area contributed by atoms with E-state index in [1.807, 2.05) is 38.1 Å². The molecule has 4 aromatic rings. The number of nitrogens with one attached hydrogen (secondary N) is 1. The van der Waals surface area contributed by atoms with Crippen molar-refractivity contribution < 1.29 is 5.11 Å². The monoisotopic (exact) mass is 452 g/mol. The summed E-state index contributed by atoms with van der Waals surface area (Å²) in [7, 11) is 1.54. The van der Waals surface area contributed by atoms with Crippen LogP contribution in [0.25, 0.3) is 21.3 Å². The van der Waals surface area contributed by atoms with Crippen LogP contribution >= 0.6 is 11.3 Å². The van der Waals surface area contributed by atoms with Crippen LogP contribution in [-0.2, 0) is 26.6 Å². The fourth-order valence-corrected chi connectivity index (χ4v) is 5.48. The molecule has 32 heavy (non-hydrogen) atoms. The molecule has 0 aliphatic rings. The van der Waals surface area contributed by atoms with Gasteiger partial charge in [-0.1, -0.05) is 32.0 Å². The Hall–Kier alpha value is -2.97. The Balaban J connectivity index is 2.10. The number of fused-ring (bicyclic) bond motifs is 1. The van der Waals surface area contributed by atoms with Crippen molar-refractivity contribution in [1.82, 2.24) is 19.3 Å². The minimum atomic E-state index is -0.296. The Morgan fingerprint density at radius 2 is 1.97 bits per heavy atom. The van der Waals surface area contributed by atoms with Crippen molar-refractivity contribution in [3.63, 3.8) is 0 Å². The SMILES string of the molecule is Cc1n[nH]c(C)c1Cc1sc2c(c1-c1cccc(CO)c1)c(=O)n(C)c(=O)n2CC(C)C. The number of aromatic amines is 1. The van der Waals surface area contributed by atoms with Crippen LogP contribution in [0, 0.1) is 19.8 Å². The Labute approximate surface area is 190 Å². The van der Waals surface area contributed by atoms with Crippen LogP contribution in [0.3, 0.4) is 0 Å². The summed E-state index contributed by atoms with van der Waals surface area (Å²) in [6.45, 7) is 8.52. The van der Waals surface area contributed by atoms with Crippen molar-refractivity contribution in [3.05, 3.63) is 72.5 Å². The van der Waals surface area contributed by atoms with Gasteiger partial charge in [-0.15, -0.1) is 11.3 Å². The largest absolute Gasteiger partial charge is 0.392 e. The van der Waals surface area contributed by atoms with Crippen molar-refractivity contribution in [2.45, 2.75) is 47.3 Å². The summed E-state index contributed by atoms with van der Waals surface area (Å²) in [6.07, 6.45) is 0.602. The first-order valence-corrected chi connectivity index (χ1v) is 11.5. The summed E-state index contributed by atoms with van der Waals surface area (Å²) >= 11 is 1.50. The molecule has 3 aromatic heterocycles. The molecule has 1 aromatic carbocycles. The van der Waals surface area contributed by atoms with Gasteiger partial charge >= 0.3 is 5.69 Å². The highest BCUT2D eigenvalue weighted by atomic mass is 32.1. The maximum atomic E-state index is 13.4. The predicted octanol–water partition coefficient (Wildman–Crippen LogP) is 3.51. The number of hydrogen-bond acceptors (Lipinski definition) is 5. The molecule has 0 aliphatic heterocycles. The molecule has 0 amide bonds. The second-order valence-electron chi connectivity index (χ2n) is 8.68. The van der Waals surface area contributed by atoms with E-state index in [9.17, 15) is 14.7 Å². The van der Waals surface area contributed by atoms with Gasteiger partial charge in [0.15, 0.2) is 0 Å². The van der Waals surface area contributed by atoms with Crippen molar-refractivity contribution in [2.24, 2.45) is 13.0 Å². The van der Waals surface area contributed by atoms with E-state index in [0.717, 1.165) is 38.5 Å². The van der Waals surface area contributed by atoms with Gasteiger partial charge < -0.3 is 5.11 Å². The maximum Gasteiger partial charge on any atom is 0.331 e. The summed E-state index contributed by atoms with van der Waals surface area (Å²) in [6, 6.07) is 7.61. The van der Waals surface area contributed by atoms with E-state index < -0.39 is 0 Å². The minimum absolute atomic E-state index is 0.0821. The number of rotatable bonds is 6. The van der Waals surface area contributed by atoms with Gasteiger partial charge in [-0.3, -0.25) is 19.0 Å². The molecule has 0 radical (unpaired) electrons. The molecule has 0 saturated carbocycles. The van der Waals surface area contributed by atoms with Crippen LogP contribution in [0.2, 0.25) is 0 Å². The summed E-state index contributed by atoms with van der Waals surface area (Å²) < 4.78 is 2.93. The zero-order chi connectivity index (χ0) is 23.2. The number of nitrogens with zero attached hydrogens (tertiary/aromatic N) is 3. The van der Waals surface area contributed by atoms with Crippen LogP contribution < -0.4 is 11.2 Å². The molecule has 0 atom stereocenters. The third-order valence-electron chi connectivity index (χ3n) is 5.81. The number of thiophene rings is 1. The molecule has 0 unspecified atom stereocenters. The van der Waals surface area contributed by atoms with Crippen molar-refractivity contribution in [1.29, 1.82) is 0 Å². The number of aryl methyl sites for hydroxylation is 2. The third kappa shape index (κ3) is 3.73. The molecule has 168 valence electrons. The van der Waals surface area contributed by atoms with Crippen LogP contribution in [0.4, 0.5) is 0 Å². The topological polar surface area (TPSA) is 92.9 Å². The van der Waals surface area contributed by atoms with Crippen molar-refractivity contribution >= 4 is 21.6 Å². The standard InChI is InChI=1S/C24H28N4O3S/c1-13(2)11-28-23-21(22(30)27(5)24(28)31)20(17-8-6-7-16(9-17)12-29)19(32-23)10-18-14(3)25-26-15(18)4/h6-9,13,29H,10-12H2,1-5H3,(H,25,26). The van der Waals surface area contributed by atoms with E-state index in [1.165, 1.54) is 23.0 Å². The van der Waals surface area contributed by atoms with Gasteiger partial charge in [0, 0.05) is 41.7 Å². The molecule has 0 saturated heterocycles. The summed E-state index contributed by atoms with van der Waals surface area (Å²) in [5.74, 6) is 0.249. The molecule has 0 fully saturated rings. The van der Waals surface area contributed by atoms with E-state index in [2.05, 4.69) is 24.0 Å². The van der Waals surface area contributed by atoms with Gasteiger partial charge in [0.05, 0.1) is 17.7 Å². The second-order valence-corrected chi connectivity index (χ2v) is 9.76. The van der Waals surface area contributed by atoms with Crippen molar-refractivity contribution in [3.8, 4) is 11.1 Å². The average molecular weight is 453 g/mol. The second kappa shape index (κ2) is 8.52. The first kappa shape index (κ1) is 22.2. The molecule has 0 bridgehead atoms.